The number of alkyl halides is 3. The molecular formula is C32H38F3N9O3S. The van der Waals surface area contributed by atoms with Crippen LogP contribution in [0, 0.1) is 10.8 Å². The predicted molar refractivity (Wildman–Crippen MR) is 177 cm³/mol. The number of carboxylic acid groups (broad SMARTS) is 1. The molecule has 5 heterocycles. The van der Waals surface area contributed by atoms with Crippen molar-refractivity contribution in [2.45, 2.75) is 58.2 Å². The van der Waals surface area contributed by atoms with Gasteiger partial charge in [0.1, 0.15) is 29.0 Å². The highest BCUT2D eigenvalue weighted by atomic mass is 32.2. The van der Waals surface area contributed by atoms with Gasteiger partial charge in [0.2, 0.25) is 5.88 Å². The van der Waals surface area contributed by atoms with Crippen LogP contribution in [0.4, 0.5) is 30.6 Å². The number of carbonyl (C=O) groups is 1. The van der Waals surface area contributed by atoms with E-state index in [-0.39, 0.29) is 5.88 Å². The molecule has 4 bridgehead atoms. The fourth-order valence-corrected chi connectivity index (χ4v) is 5.32. The van der Waals surface area contributed by atoms with Crippen molar-refractivity contribution in [3.8, 4) is 23.0 Å². The molecule has 0 amide bonds. The molecule has 48 heavy (non-hydrogen) atoms. The van der Waals surface area contributed by atoms with Crippen LogP contribution >= 0.6 is 11.9 Å². The molecule has 0 atom stereocenters. The lowest BCUT2D eigenvalue weighted by molar-refractivity contribution is -0.219. The second kappa shape index (κ2) is 14.3. The quantitative estimate of drug-likeness (QED) is 0.178. The van der Waals surface area contributed by atoms with Gasteiger partial charge in [-0.15, -0.1) is 5.10 Å². The fraction of sp³-hybridized carbons (Fsp3) is 0.438. The minimum Gasteiger partial charge on any atom is -0.481 e. The maximum atomic E-state index is 13.4. The highest BCUT2D eigenvalue weighted by molar-refractivity contribution is 8.00. The number of pyridine rings is 2. The number of carboxylic acids is 1. The Morgan fingerprint density at radius 1 is 1.04 bits per heavy atom. The van der Waals surface area contributed by atoms with E-state index in [0.717, 1.165) is 33.1 Å². The Kier molecular flexibility index (Phi) is 10.3. The van der Waals surface area contributed by atoms with Crippen molar-refractivity contribution < 1.29 is 27.8 Å². The largest absolute Gasteiger partial charge is 0.481 e. The summed E-state index contributed by atoms with van der Waals surface area (Å²) in [5, 5.41) is 18.2. The lowest BCUT2D eigenvalue weighted by Gasteiger charge is -2.31. The Morgan fingerprint density at radius 3 is 2.62 bits per heavy atom. The van der Waals surface area contributed by atoms with E-state index >= 15 is 0 Å². The highest BCUT2D eigenvalue weighted by Crippen LogP contribution is 2.38. The second-order valence-electron chi connectivity index (χ2n) is 12.7. The molecule has 0 aliphatic carbocycles. The molecule has 0 aromatic carbocycles. The number of halogens is 3. The Hall–Kier alpha value is -4.60. The summed E-state index contributed by atoms with van der Waals surface area (Å²) < 4.78 is 50.2. The minimum atomic E-state index is -4.44. The molecule has 0 saturated heterocycles. The molecule has 0 unspecified atom stereocenters. The van der Waals surface area contributed by atoms with E-state index in [1.165, 1.54) is 28.9 Å². The van der Waals surface area contributed by atoms with E-state index in [2.05, 4.69) is 25.1 Å². The number of aliphatic carboxylic acids is 1. The van der Waals surface area contributed by atoms with Crippen LogP contribution in [0.15, 0.2) is 60.0 Å². The van der Waals surface area contributed by atoms with E-state index in [4.69, 9.17) is 14.7 Å². The third-order valence-corrected chi connectivity index (χ3v) is 8.55. The normalized spacial score (nSPS) is 14.7. The summed E-state index contributed by atoms with van der Waals surface area (Å²) in [5.74, 6) is 1.12. The first-order chi connectivity index (χ1) is 22.7. The van der Waals surface area contributed by atoms with Gasteiger partial charge in [0.05, 0.1) is 17.0 Å². The first-order valence-corrected chi connectivity index (χ1v) is 16.3. The van der Waals surface area contributed by atoms with Crippen molar-refractivity contribution in [1.82, 2.24) is 29.7 Å². The van der Waals surface area contributed by atoms with Crippen LogP contribution in [-0.4, -0.2) is 73.2 Å². The van der Waals surface area contributed by atoms with E-state index in [0.29, 0.717) is 59.2 Å². The van der Waals surface area contributed by atoms with Crippen molar-refractivity contribution in [2.24, 2.45) is 10.8 Å². The molecule has 16 heteroatoms. The molecule has 4 aromatic rings. The maximum absolute atomic E-state index is 13.4. The molecular weight excluding hydrogens is 647 g/mol. The summed E-state index contributed by atoms with van der Waals surface area (Å²) in [6, 6.07) is 10.7. The van der Waals surface area contributed by atoms with Gasteiger partial charge in [0.15, 0.2) is 11.6 Å². The summed E-state index contributed by atoms with van der Waals surface area (Å²) in [6.45, 7) is 6.50. The van der Waals surface area contributed by atoms with Gasteiger partial charge in [-0.1, -0.05) is 6.07 Å². The van der Waals surface area contributed by atoms with Crippen molar-refractivity contribution in [3.63, 3.8) is 0 Å². The van der Waals surface area contributed by atoms with E-state index in [1.54, 1.807) is 32.3 Å². The van der Waals surface area contributed by atoms with Crippen LogP contribution in [0.5, 0.6) is 5.88 Å². The second-order valence-corrected chi connectivity index (χ2v) is 13.6. The van der Waals surface area contributed by atoms with Gasteiger partial charge in [-0.2, -0.15) is 13.2 Å². The van der Waals surface area contributed by atoms with Gasteiger partial charge in [-0.25, -0.2) is 24.6 Å². The maximum Gasteiger partial charge on any atom is 0.397 e. The third-order valence-electron chi connectivity index (χ3n) is 7.80. The summed E-state index contributed by atoms with van der Waals surface area (Å²) >= 11 is 1.22. The first kappa shape index (κ1) is 34.7. The number of ether oxygens (including phenoxy) is 1. The topological polar surface area (TPSA) is 143 Å². The zero-order valence-corrected chi connectivity index (χ0v) is 27.9. The number of aromatic nitrogens is 6. The van der Waals surface area contributed by atoms with E-state index in [9.17, 15) is 23.1 Å². The Balaban J connectivity index is 1.47. The summed E-state index contributed by atoms with van der Waals surface area (Å²) in [4.78, 5) is 32.8. The summed E-state index contributed by atoms with van der Waals surface area (Å²) in [6.07, 6.45) is 2.82. The average Bonchev–Trinajstić information content (AvgIpc) is 3.52. The SMILES string of the molecule is CC(C)(CN1CCCCCNc2ncccc2-c2nc(cnc2-n2ccc(OCC(C)(C)C(F)(F)F)n2)NSc2cccc1n2)C(=O)O. The molecule has 1 aliphatic heterocycles. The molecule has 12 nitrogen and oxygen atoms in total. The highest BCUT2D eigenvalue weighted by Gasteiger charge is 2.48. The minimum absolute atomic E-state index is 0.0135. The first-order valence-electron chi connectivity index (χ1n) is 15.4. The lowest BCUT2D eigenvalue weighted by atomic mass is 9.93. The smallest absolute Gasteiger partial charge is 0.397 e. The molecule has 3 N–H and O–H groups in total. The van der Waals surface area contributed by atoms with Gasteiger partial charge in [-0.3, -0.25) is 4.79 Å². The molecule has 1 aliphatic rings. The van der Waals surface area contributed by atoms with Gasteiger partial charge in [0, 0.05) is 55.6 Å². The van der Waals surface area contributed by atoms with Crippen LogP contribution in [0.2, 0.25) is 0 Å². The molecule has 4 aromatic heterocycles. The molecule has 0 fully saturated rings. The molecule has 0 radical (unpaired) electrons. The number of anilines is 3. The van der Waals surface area contributed by atoms with Gasteiger partial charge in [0.25, 0.3) is 0 Å². The number of hydrogen-bond donors (Lipinski definition) is 3. The molecule has 0 saturated carbocycles. The standard InChI is InChI=1S/C32H38F3N9O3S/c1-30(2,29(45)46)19-43-16-7-5-6-14-36-27-21(10-9-15-37-27)26-28(38-18-22(39-26)42-48-25-12-8-11-23(43)40-25)44-17-13-24(41-44)47-20-31(3,4)32(33,34)35/h8-13,15,17-18H,5-7,14,16,19-20H2,1-4H3,(H,36,37)(H,39,42)(H,45,46). The van der Waals surface area contributed by atoms with Crippen LogP contribution in [0.25, 0.3) is 17.1 Å². The van der Waals surface area contributed by atoms with Crippen LogP contribution in [-0.2, 0) is 4.79 Å². The number of rotatable bonds is 7. The third kappa shape index (κ3) is 8.27. The van der Waals surface area contributed by atoms with Gasteiger partial charge in [-0.05, 0) is 71.2 Å². The van der Waals surface area contributed by atoms with Crippen LogP contribution in [0.3, 0.4) is 0 Å². The zero-order chi connectivity index (χ0) is 34.5. The van der Waals surface area contributed by atoms with Gasteiger partial charge < -0.3 is 24.8 Å². The Labute approximate surface area is 280 Å². The number of nitrogens with zero attached hydrogens (tertiary/aromatic N) is 7. The number of hydrogen-bond acceptors (Lipinski definition) is 11. The van der Waals surface area contributed by atoms with Crippen molar-refractivity contribution >= 4 is 35.4 Å². The van der Waals surface area contributed by atoms with E-state index < -0.39 is 29.6 Å². The molecule has 5 rings (SSSR count). The Morgan fingerprint density at radius 2 is 1.85 bits per heavy atom. The number of fused-ring (bicyclic) bond motifs is 6. The van der Waals surface area contributed by atoms with Gasteiger partial charge >= 0.3 is 12.1 Å². The monoisotopic (exact) mass is 685 g/mol. The van der Waals surface area contributed by atoms with Crippen molar-refractivity contribution in [3.05, 3.63) is 55.0 Å². The van der Waals surface area contributed by atoms with Crippen LogP contribution in [0.1, 0.15) is 47.0 Å². The predicted octanol–water partition coefficient (Wildman–Crippen LogP) is 6.72. The van der Waals surface area contributed by atoms with Crippen molar-refractivity contribution in [1.29, 1.82) is 0 Å². The van der Waals surface area contributed by atoms with Crippen molar-refractivity contribution in [2.75, 3.05) is 41.2 Å². The average molecular weight is 686 g/mol. The molecule has 256 valence electrons. The Bertz CT molecular complexity index is 1730. The van der Waals surface area contributed by atoms with E-state index in [1.807, 2.05) is 29.2 Å². The van der Waals surface area contributed by atoms with Crippen LogP contribution < -0.4 is 19.7 Å². The number of nitrogens with one attached hydrogen (secondary N) is 2. The summed E-state index contributed by atoms with van der Waals surface area (Å²) in [7, 11) is 0. The lowest BCUT2D eigenvalue weighted by Crippen LogP contribution is -2.40. The fourth-order valence-electron chi connectivity index (χ4n) is 4.73. The summed E-state index contributed by atoms with van der Waals surface area (Å²) in [5.41, 5.74) is -1.97. The molecule has 0 spiro atoms. The zero-order valence-electron chi connectivity index (χ0n) is 27.1.